The summed E-state index contributed by atoms with van der Waals surface area (Å²) >= 11 is 0. The third-order valence-electron chi connectivity index (χ3n) is 15.3. The number of aryl methyl sites for hydroxylation is 1. The maximum Gasteiger partial charge on any atom is 0.344 e. The SMILES string of the molecule is Cc1ccc(C(C)C)cc1OCC(=O)OC[C@]12CCCC1C1CCC3[C@@]4(C)CC[C@H](O)C(C)(C)C4CC[C@@]3(C)[C@]1(C)CC2. The normalized spacial score (nSPS) is 43.3. The van der Waals surface area contributed by atoms with Gasteiger partial charge in [-0.2, -0.15) is 0 Å². The summed E-state index contributed by atoms with van der Waals surface area (Å²) in [6, 6.07) is 6.29. The van der Waals surface area contributed by atoms with E-state index in [1.807, 2.05) is 6.92 Å². The van der Waals surface area contributed by atoms with Gasteiger partial charge in [-0.15, -0.1) is 0 Å². The Morgan fingerprint density at radius 3 is 2.40 bits per heavy atom. The molecule has 0 saturated heterocycles. The highest BCUT2D eigenvalue weighted by atomic mass is 16.6. The molecule has 0 radical (unpaired) electrons. The number of fused-ring (bicyclic) bond motifs is 7. The van der Waals surface area contributed by atoms with Crippen molar-refractivity contribution in [2.45, 2.75) is 138 Å². The van der Waals surface area contributed by atoms with Gasteiger partial charge in [0.25, 0.3) is 0 Å². The first-order chi connectivity index (χ1) is 20.2. The molecule has 5 aliphatic rings. The fraction of sp³-hybridized carbons (Fsp3) is 0.821. The molecule has 0 bridgehead atoms. The number of aliphatic hydroxyl groups excluding tert-OH is 1. The number of hydrogen-bond donors (Lipinski definition) is 1. The van der Waals surface area contributed by atoms with Gasteiger partial charge in [0.15, 0.2) is 6.61 Å². The summed E-state index contributed by atoms with van der Waals surface area (Å²) in [5.41, 5.74) is 3.39. The highest BCUT2D eigenvalue weighted by molar-refractivity contribution is 5.71. The molecule has 4 unspecified atom stereocenters. The van der Waals surface area contributed by atoms with Gasteiger partial charge in [-0.05, 0) is 140 Å². The quantitative estimate of drug-likeness (QED) is 0.335. The van der Waals surface area contributed by atoms with E-state index in [1.165, 1.54) is 69.8 Å². The lowest BCUT2D eigenvalue weighted by molar-refractivity contribution is -0.248. The molecule has 0 aromatic heterocycles. The molecule has 240 valence electrons. The Bertz CT molecular complexity index is 1220. The van der Waals surface area contributed by atoms with E-state index in [0.29, 0.717) is 46.5 Å². The van der Waals surface area contributed by atoms with Gasteiger partial charge in [0.2, 0.25) is 0 Å². The van der Waals surface area contributed by atoms with Gasteiger partial charge in [0, 0.05) is 5.41 Å². The number of aliphatic hydroxyl groups is 1. The van der Waals surface area contributed by atoms with Crippen LogP contribution in [0.2, 0.25) is 0 Å². The predicted octanol–water partition coefficient (Wildman–Crippen LogP) is 9.26. The lowest BCUT2D eigenvalue weighted by Crippen LogP contribution is -2.66. The van der Waals surface area contributed by atoms with Gasteiger partial charge < -0.3 is 14.6 Å². The van der Waals surface area contributed by atoms with Crippen molar-refractivity contribution in [1.82, 2.24) is 0 Å². The summed E-state index contributed by atoms with van der Waals surface area (Å²) in [5, 5.41) is 11.0. The second-order valence-electron chi connectivity index (χ2n) is 17.5. The summed E-state index contributed by atoms with van der Waals surface area (Å²) in [6.07, 6.45) is 13.3. The van der Waals surface area contributed by atoms with E-state index in [4.69, 9.17) is 9.47 Å². The van der Waals surface area contributed by atoms with E-state index >= 15 is 0 Å². The molecule has 4 nitrogen and oxygen atoms in total. The molecule has 5 aliphatic carbocycles. The molecular weight excluding hydrogens is 532 g/mol. The van der Waals surface area contributed by atoms with Crippen LogP contribution in [0, 0.1) is 57.7 Å². The van der Waals surface area contributed by atoms with Crippen LogP contribution in [0.25, 0.3) is 0 Å². The molecular formula is C39H60O4. The Morgan fingerprint density at radius 2 is 1.65 bits per heavy atom. The van der Waals surface area contributed by atoms with Crippen LogP contribution in [0.5, 0.6) is 5.75 Å². The zero-order chi connectivity index (χ0) is 31.0. The second-order valence-corrected chi connectivity index (χ2v) is 17.5. The first-order valence-corrected chi connectivity index (χ1v) is 17.7. The van der Waals surface area contributed by atoms with Crippen molar-refractivity contribution in [2.75, 3.05) is 13.2 Å². The molecule has 0 aliphatic heterocycles. The van der Waals surface area contributed by atoms with Crippen molar-refractivity contribution in [3.63, 3.8) is 0 Å². The fourth-order valence-corrected chi connectivity index (χ4v) is 12.5. The highest BCUT2D eigenvalue weighted by Crippen LogP contribution is 2.76. The monoisotopic (exact) mass is 592 g/mol. The lowest BCUT2D eigenvalue weighted by atomic mass is 9.32. The van der Waals surface area contributed by atoms with E-state index in [-0.39, 0.29) is 29.5 Å². The number of rotatable bonds is 6. The van der Waals surface area contributed by atoms with Crippen molar-refractivity contribution >= 4 is 5.97 Å². The average Bonchev–Trinajstić information content (AvgIpc) is 3.38. The molecule has 0 spiro atoms. The Balaban J connectivity index is 1.15. The van der Waals surface area contributed by atoms with Crippen LogP contribution < -0.4 is 4.74 Å². The van der Waals surface area contributed by atoms with Crippen LogP contribution in [0.3, 0.4) is 0 Å². The first-order valence-electron chi connectivity index (χ1n) is 17.7. The largest absolute Gasteiger partial charge is 0.482 e. The number of carbonyl (C=O) groups is 1. The summed E-state index contributed by atoms with van der Waals surface area (Å²) in [5.74, 6) is 3.68. The van der Waals surface area contributed by atoms with Crippen LogP contribution in [-0.4, -0.2) is 30.4 Å². The minimum Gasteiger partial charge on any atom is -0.482 e. The van der Waals surface area contributed by atoms with Gasteiger partial charge in [-0.3, -0.25) is 0 Å². The van der Waals surface area contributed by atoms with Gasteiger partial charge in [0.1, 0.15) is 5.75 Å². The molecule has 1 N–H and O–H groups in total. The molecule has 4 heteroatoms. The Kier molecular flexibility index (Phi) is 7.87. The maximum absolute atomic E-state index is 13.0. The van der Waals surface area contributed by atoms with Crippen LogP contribution in [0.4, 0.5) is 0 Å². The standard InChI is InChI=1S/C39H60O4/c1-25(2)27-12-11-26(3)30(22-27)42-23-34(41)43-24-39-17-9-10-29(39)28-13-14-32-36(6)18-16-33(40)35(4,5)31(36)15-19-38(32,8)37(28,7)20-21-39/h11-12,22,25,28-29,31-33,40H,9-10,13-21,23-24H2,1-8H3/t28?,29?,31?,32?,33-,36-,37+,38+,39+/m0/s1. The third-order valence-corrected chi connectivity index (χ3v) is 15.3. The maximum atomic E-state index is 13.0. The topological polar surface area (TPSA) is 55.8 Å². The van der Waals surface area contributed by atoms with Crippen LogP contribution in [-0.2, 0) is 9.53 Å². The molecule has 1 aromatic rings. The van der Waals surface area contributed by atoms with Crippen LogP contribution in [0.15, 0.2) is 18.2 Å². The Labute approximate surface area is 262 Å². The van der Waals surface area contributed by atoms with Gasteiger partial charge in [0.05, 0.1) is 12.7 Å². The lowest BCUT2D eigenvalue weighted by Gasteiger charge is -2.72. The molecule has 0 heterocycles. The fourth-order valence-electron chi connectivity index (χ4n) is 12.5. The zero-order valence-corrected chi connectivity index (χ0v) is 28.6. The minimum absolute atomic E-state index is 0.00275. The summed E-state index contributed by atoms with van der Waals surface area (Å²) in [7, 11) is 0. The molecule has 5 saturated carbocycles. The minimum atomic E-state index is -0.230. The summed E-state index contributed by atoms with van der Waals surface area (Å²) in [6.45, 7) is 19.6. The van der Waals surface area contributed by atoms with Gasteiger partial charge in [-0.25, -0.2) is 4.79 Å². The van der Waals surface area contributed by atoms with Crippen LogP contribution in [0.1, 0.15) is 136 Å². The predicted molar refractivity (Wildman–Crippen MR) is 173 cm³/mol. The number of esters is 1. The number of carbonyl (C=O) groups excluding carboxylic acids is 1. The summed E-state index contributed by atoms with van der Waals surface area (Å²) in [4.78, 5) is 13.0. The smallest absolute Gasteiger partial charge is 0.344 e. The van der Waals surface area contributed by atoms with Crippen LogP contribution >= 0.6 is 0 Å². The first kappa shape index (κ1) is 31.4. The Morgan fingerprint density at radius 1 is 0.884 bits per heavy atom. The molecule has 6 rings (SSSR count). The molecule has 5 fully saturated rings. The number of benzene rings is 1. The van der Waals surface area contributed by atoms with E-state index in [2.05, 4.69) is 66.7 Å². The Hall–Kier alpha value is -1.55. The zero-order valence-electron chi connectivity index (χ0n) is 28.6. The summed E-state index contributed by atoms with van der Waals surface area (Å²) < 4.78 is 12.1. The molecule has 43 heavy (non-hydrogen) atoms. The number of ether oxygens (including phenoxy) is 2. The van der Waals surface area contributed by atoms with Crippen molar-refractivity contribution in [1.29, 1.82) is 0 Å². The van der Waals surface area contributed by atoms with E-state index in [0.717, 1.165) is 23.7 Å². The van der Waals surface area contributed by atoms with E-state index in [9.17, 15) is 9.90 Å². The van der Waals surface area contributed by atoms with Crippen molar-refractivity contribution in [3.05, 3.63) is 29.3 Å². The highest BCUT2D eigenvalue weighted by Gasteiger charge is 2.70. The molecule has 1 aromatic carbocycles. The average molecular weight is 593 g/mol. The van der Waals surface area contributed by atoms with E-state index in [1.54, 1.807) is 0 Å². The van der Waals surface area contributed by atoms with Crippen molar-refractivity contribution in [2.24, 2.45) is 50.7 Å². The van der Waals surface area contributed by atoms with Gasteiger partial charge >= 0.3 is 5.97 Å². The van der Waals surface area contributed by atoms with E-state index < -0.39 is 0 Å². The molecule has 0 amide bonds. The second kappa shape index (κ2) is 10.8. The third kappa shape index (κ3) is 4.73. The number of hydrogen-bond acceptors (Lipinski definition) is 4. The van der Waals surface area contributed by atoms with Crippen molar-refractivity contribution < 1.29 is 19.4 Å². The molecule has 9 atom stereocenters. The van der Waals surface area contributed by atoms with Gasteiger partial charge in [-0.1, -0.05) is 67.0 Å². The van der Waals surface area contributed by atoms with Crippen molar-refractivity contribution in [3.8, 4) is 5.75 Å².